The number of nitrogens with zero attached hydrogens (tertiary/aromatic N) is 1. The number of hydrogen-bond acceptors (Lipinski definition) is 5. The summed E-state index contributed by atoms with van der Waals surface area (Å²) in [5, 5.41) is 12.3. The number of rotatable bonds is 8. The summed E-state index contributed by atoms with van der Waals surface area (Å²) in [5.41, 5.74) is 3.78. The Balaban J connectivity index is 0.00000324. The average molecular weight is 492 g/mol. The summed E-state index contributed by atoms with van der Waals surface area (Å²) >= 11 is 1.67. The van der Waals surface area contributed by atoms with Crippen molar-refractivity contribution in [1.29, 1.82) is 0 Å². The highest BCUT2D eigenvalue weighted by molar-refractivity contribution is 7.59. The fraction of sp³-hybridized carbons (Fsp3) is 0.185. The Labute approximate surface area is 209 Å². The van der Waals surface area contributed by atoms with E-state index in [1.54, 1.807) is 31.6 Å². The van der Waals surface area contributed by atoms with Crippen molar-refractivity contribution in [2.24, 2.45) is 0 Å². The predicted molar refractivity (Wildman–Crippen MR) is 141 cm³/mol. The van der Waals surface area contributed by atoms with Crippen LogP contribution in [0.15, 0.2) is 66.2 Å². The van der Waals surface area contributed by atoms with Crippen molar-refractivity contribution in [2.75, 3.05) is 7.11 Å². The van der Waals surface area contributed by atoms with E-state index in [-0.39, 0.29) is 25.8 Å². The molecule has 0 radical (unpaired) electrons. The summed E-state index contributed by atoms with van der Waals surface area (Å²) in [6, 6.07) is 17.5. The number of aromatic nitrogens is 1. The van der Waals surface area contributed by atoms with Crippen LogP contribution < -0.4 is 9.47 Å². The van der Waals surface area contributed by atoms with Crippen LogP contribution in [0.3, 0.4) is 0 Å². The Hall–Kier alpha value is -3.47. The fourth-order valence-corrected chi connectivity index (χ4v) is 4.60. The fourth-order valence-electron chi connectivity index (χ4n) is 3.67. The molecule has 0 saturated heterocycles. The van der Waals surface area contributed by atoms with Crippen molar-refractivity contribution in [2.45, 2.75) is 25.9 Å². The first-order chi connectivity index (χ1) is 16.1. The molecule has 34 heavy (non-hydrogen) atoms. The van der Waals surface area contributed by atoms with E-state index in [1.165, 1.54) is 4.70 Å². The van der Waals surface area contributed by atoms with Gasteiger partial charge in [0.15, 0.2) is 0 Å². The van der Waals surface area contributed by atoms with Crippen molar-refractivity contribution >= 4 is 40.9 Å². The molecule has 5 nitrogen and oxygen atoms in total. The van der Waals surface area contributed by atoms with E-state index in [2.05, 4.69) is 40.4 Å². The van der Waals surface area contributed by atoms with Crippen LogP contribution in [0.1, 0.15) is 30.4 Å². The van der Waals surface area contributed by atoms with Gasteiger partial charge in [0.1, 0.15) is 23.8 Å². The first kappa shape index (κ1) is 25.2. The van der Waals surface area contributed by atoms with Gasteiger partial charge >= 0.3 is 5.97 Å². The second-order valence-electron chi connectivity index (χ2n) is 7.44. The van der Waals surface area contributed by atoms with Gasteiger partial charge in [-0.1, -0.05) is 24.1 Å². The zero-order valence-corrected chi connectivity index (χ0v) is 20.7. The van der Waals surface area contributed by atoms with Gasteiger partial charge in [-0.05, 0) is 54.4 Å². The Kier molecular flexibility index (Phi) is 8.58. The number of benzene rings is 2. The maximum absolute atomic E-state index is 11.1. The zero-order valence-electron chi connectivity index (χ0n) is 18.9. The normalized spacial score (nSPS) is 11.1. The van der Waals surface area contributed by atoms with Crippen LogP contribution in [-0.2, 0) is 11.4 Å². The Bertz CT molecular complexity index is 1340. The van der Waals surface area contributed by atoms with E-state index in [9.17, 15) is 4.79 Å². The topological polar surface area (TPSA) is 68.7 Å². The number of fused-ring (bicyclic) bond motifs is 1. The van der Waals surface area contributed by atoms with Crippen molar-refractivity contribution in [3.05, 3.63) is 77.3 Å². The molecule has 0 bridgehead atoms. The quantitative estimate of drug-likeness (QED) is 0.295. The van der Waals surface area contributed by atoms with E-state index < -0.39 is 5.97 Å². The molecule has 1 atom stereocenters. The van der Waals surface area contributed by atoms with E-state index >= 15 is 0 Å². The van der Waals surface area contributed by atoms with Crippen LogP contribution in [0, 0.1) is 11.8 Å². The molecule has 0 spiro atoms. The van der Waals surface area contributed by atoms with Gasteiger partial charge in [0.25, 0.3) is 0 Å². The molecule has 0 aliphatic carbocycles. The SMILES string of the molecule is CC#C[C@@H](CC(=O)O)c1ccc(OCc2ccc3scc(-c4ncccc4OC)c3c2)cc1.S. The van der Waals surface area contributed by atoms with Crippen LogP contribution in [0.4, 0.5) is 0 Å². The largest absolute Gasteiger partial charge is 0.494 e. The lowest BCUT2D eigenvalue weighted by molar-refractivity contribution is -0.137. The molecule has 0 amide bonds. The summed E-state index contributed by atoms with van der Waals surface area (Å²) in [5.74, 6) is 6.04. The summed E-state index contributed by atoms with van der Waals surface area (Å²) in [7, 11) is 1.65. The molecule has 1 N–H and O–H groups in total. The van der Waals surface area contributed by atoms with Crippen molar-refractivity contribution < 1.29 is 19.4 Å². The van der Waals surface area contributed by atoms with E-state index in [4.69, 9.17) is 14.6 Å². The number of carboxylic acids is 1. The molecule has 174 valence electrons. The molecular weight excluding hydrogens is 466 g/mol. The molecular formula is C27H25NO4S2. The van der Waals surface area contributed by atoms with Gasteiger partial charge in [0.05, 0.1) is 19.4 Å². The summed E-state index contributed by atoms with van der Waals surface area (Å²) in [6.45, 7) is 2.13. The van der Waals surface area contributed by atoms with Crippen LogP contribution in [0.5, 0.6) is 11.5 Å². The van der Waals surface area contributed by atoms with Gasteiger partial charge in [-0.25, -0.2) is 0 Å². The first-order valence-electron chi connectivity index (χ1n) is 10.5. The number of pyridine rings is 1. The molecule has 0 unspecified atom stereocenters. The minimum atomic E-state index is -0.866. The maximum Gasteiger partial charge on any atom is 0.304 e. The third kappa shape index (κ3) is 5.71. The Morgan fingerprint density at radius 1 is 1.18 bits per heavy atom. The van der Waals surface area contributed by atoms with Gasteiger partial charge in [0.2, 0.25) is 0 Å². The van der Waals surface area contributed by atoms with Gasteiger partial charge in [-0.15, -0.1) is 17.3 Å². The van der Waals surface area contributed by atoms with Crippen LogP contribution in [-0.4, -0.2) is 23.2 Å². The average Bonchev–Trinajstić information content (AvgIpc) is 3.25. The number of carboxylic acid groups (broad SMARTS) is 1. The van der Waals surface area contributed by atoms with E-state index in [0.717, 1.165) is 33.5 Å². The minimum absolute atomic E-state index is 0. The third-order valence-corrected chi connectivity index (χ3v) is 6.23. The highest BCUT2D eigenvalue weighted by Crippen LogP contribution is 2.37. The van der Waals surface area contributed by atoms with E-state index in [0.29, 0.717) is 12.4 Å². The molecule has 2 heterocycles. The lowest BCUT2D eigenvalue weighted by Crippen LogP contribution is -2.04. The van der Waals surface area contributed by atoms with Gasteiger partial charge in [0, 0.05) is 27.2 Å². The van der Waals surface area contributed by atoms with Crippen molar-refractivity contribution in [1.82, 2.24) is 4.98 Å². The highest BCUT2D eigenvalue weighted by Gasteiger charge is 2.14. The molecule has 2 aromatic carbocycles. The number of methoxy groups -OCH3 is 1. The molecule has 0 fully saturated rings. The monoisotopic (exact) mass is 491 g/mol. The smallest absolute Gasteiger partial charge is 0.304 e. The Morgan fingerprint density at radius 3 is 2.68 bits per heavy atom. The predicted octanol–water partition coefficient (Wildman–Crippen LogP) is 6.25. The summed E-state index contributed by atoms with van der Waals surface area (Å²) < 4.78 is 12.7. The van der Waals surface area contributed by atoms with Gasteiger partial charge in [-0.2, -0.15) is 13.5 Å². The number of thiophene rings is 1. The van der Waals surface area contributed by atoms with Crippen molar-refractivity contribution in [3.63, 3.8) is 0 Å². The number of carbonyl (C=O) groups is 1. The molecule has 7 heteroatoms. The molecule has 4 rings (SSSR count). The minimum Gasteiger partial charge on any atom is -0.494 e. The molecule has 4 aromatic rings. The first-order valence-corrected chi connectivity index (χ1v) is 11.3. The van der Waals surface area contributed by atoms with Crippen LogP contribution in [0.25, 0.3) is 21.3 Å². The number of ether oxygens (including phenoxy) is 2. The van der Waals surface area contributed by atoms with Gasteiger partial charge < -0.3 is 14.6 Å². The second kappa shape index (κ2) is 11.6. The molecule has 2 aromatic heterocycles. The van der Waals surface area contributed by atoms with Crippen LogP contribution in [0.2, 0.25) is 0 Å². The maximum atomic E-state index is 11.1. The molecule has 0 aliphatic heterocycles. The second-order valence-corrected chi connectivity index (χ2v) is 8.35. The lowest BCUT2D eigenvalue weighted by atomic mass is 9.96. The summed E-state index contributed by atoms with van der Waals surface area (Å²) in [6.07, 6.45) is 1.75. The summed E-state index contributed by atoms with van der Waals surface area (Å²) in [4.78, 5) is 15.6. The lowest BCUT2D eigenvalue weighted by Gasteiger charge is -2.11. The third-order valence-electron chi connectivity index (χ3n) is 5.27. The zero-order chi connectivity index (χ0) is 23.2. The number of aliphatic carboxylic acids is 1. The van der Waals surface area contributed by atoms with Crippen molar-refractivity contribution in [3.8, 4) is 34.6 Å². The highest BCUT2D eigenvalue weighted by atomic mass is 32.1. The van der Waals surface area contributed by atoms with Gasteiger partial charge in [-0.3, -0.25) is 9.78 Å². The molecule has 0 saturated carbocycles. The molecule has 0 aliphatic rings. The van der Waals surface area contributed by atoms with E-state index in [1.807, 2.05) is 36.4 Å². The standard InChI is InChI=1S/C27H23NO4S.H2S/c1-3-5-20(15-26(29)30)19-8-10-21(11-9-19)32-16-18-7-12-25-22(14-18)23(17-33-25)27-24(31-2)6-4-13-28-27;/h4,6-14,17,20H,15-16H2,1-2H3,(H,29,30);1H2/t20-;/m0./s1. The number of hydrogen-bond donors (Lipinski definition) is 1. The van der Waals surface area contributed by atoms with Crippen LogP contribution >= 0.6 is 24.8 Å². The Morgan fingerprint density at radius 2 is 1.97 bits per heavy atom.